The summed E-state index contributed by atoms with van der Waals surface area (Å²) in [6.07, 6.45) is 9.29. The molecule has 10 heteroatoms. The Hall–Kier alpha value is -3.09. The summed E-state index contributed by atoms with van der Waals surface area (Å²) in [5.41, 5.74) is 0. The average molecular weight is 419 g/mol. The van der Waals surface area contributed by atoms with Crippen LogP contribution in [0.5, 0.6) is 0 Å². The van der Waals surface area contributed by atoms with Crippen LogP contribution in [0.25, 0.3) is 0 Å². The molecule has 0 atom stereocenters. The Morgan fingerprint density at radius 2 is 1.40 bits per heavy atom. The van der Waals surface area contributed by atoms with Crippen molar-refractivity contribution >= 4 is 29.7 Å². The number of hydrogen-bond donors (Lipinski definition) is 5. The highest BCUT2D eigenvalue weighted by molar-refractivity contribution is 5.76. The maximum Gasteiger partial charge on any atom is 0.230 e. The number of anilines is 3. The highest BCUT2D eigenvalue weighted by Gasteiger charge is 2.09. The van der Waals surface area contributed by atoms with E-state index < -0.39 is 0 Å². The quantitative estimate of drug-likeness (QED) is 0.213. The van der Waals surface area contributed by atoms with Crippen molar-refractivity contribution in [2.45, 2.75) is 58.4 Å². The second-order valence-corrected chi connectivity index (χ2v) is 6.68. The lowest BCUT2D eigenvalue weighted by atomic mass is 10.1. The number of nitrogens with one attached hydrogen (secondary N) is 5. The predicted molar refractivity (Wildman–Crippen MR) is 119 cm³/mol. The van der Waals surface area contributed by atoms with E-state index in [1.165, 1.54) is 0 Å². The highest BCUT2D eigenvalue weighted by Crippen LogP contribution is 2.10. The van der Waals surface area contributed by atoms with Crippen molar-refractivity contribution in [3.8, 4) is 12.3 Å². The molecule has 0 unspecified atom stereocenters. The van der Waals surface area contributed by atoms with E-state index in [9.17, 15) is 9.59 Å². The molecule has 0 aliphatic rings. The van der Waals surface area contributed by atoms with E-state index in [0.29, 0.717) is 56.6 Å². The number of rotatable bonds is 15. The SMILES string of the molecule is C#CCNc1nc(NCCCC(=O)NC)nc(NCCCC(=O)NC(CC)CC)n1. The molecule has 166 valence electrons. The summed E-state index contributed by atoms with van der Waals surface area (Å²) in [6, 6.07) is 0.232. The van der Waals surface area contributed by atoms with Crippen LogP contribution in [0.4, 0.5) is 17.8 Å². The minimum atomic E-state index is -0.0144. The number of hydrogen-bond acceptors (Lipinski definition) is 8. The number of amides is 2. The van der Waals surface area contributed by atoms with E-state index >= 15 is 0 Å². The second-order valence-electron chi connectivity index (χ2n) is 6.68. The van der Waals surface area contributed by atoms with E-state index in [4.69, 9.17) is 6.42 Å². The molecule has 30 heavy (non-hydrogen) atoms. The summed E-state index contributed by atoms with van der Waals surface area (Å²) in [5.74, 6) is 3.64. The van der Waals surface area contributed by atoms with E-state index in [2.05, 4.69) is 61.3 Å². The third kappa shape index (κ3) is 10.5. The van der Waals surface area contributed by atoms with E-state index in [1.54, 1.807) is 7.05 Å². The average Bonchev–Trinajstić information content (AvgIpc) is 2.76. The first kappa shape index (κ1) is 24.9. The predicted octanol–water partition coefficient (Wildman–Crippen LogP) is 1.35. The third-order valence-electron chi connectivity index (χ3n) is 4.34. The van der Waals surface area contributed by atoms with Gasteiger partial charge in [0.15, 0.2) is 0 Å². The van der Waals surface area contributed by atoms with Gasteiger partial charge < -0.3 is 26.6 Å². The maximum atomic E-state index is 12.0. The molecule has 5 N–H and O–H groups in total. The van der Waals surface area contributed by atoms with Gasteiger partial charge in [0, 0.05) is 39.0 Å². The summed E-state index contributed by atoms with van der Waals surface area (Å²) in [7, 11) is 1.61. The van der Waals surface area contributed by atoms with Crippen molar-refractivity contribution < 1.29 is 9.59 Å². The molecule has 1 rings (SSSR count). The van der Waals surface area contributed by atoms with Gasteiger partial charge in [-0.1, -0.05) is 19.8 Å². The lowest BCUT2D eigenvalue weighted by molar-refractivity contribution is -0.122. The van der Waals surface area contributed by atoms with Crippen LogP contribution in [0.3, 0.4) is 0 Å². The molecule has 1 heterocycles. The number of carbonyl (C=O) groups excluding carboxylic acids is 2. The molecule has 0 saturated heterocycles. The van der Waals surface area contributed by atoms with Gasteiger partial charge >= 0.3 is 0 Å². The Balaban J connectivity index is 2.55. The summed E-state index contributed by atoms with van der Waals surface area (Å²) in [5, 5.41) is 14.7. The zero-order chi connectivity index (χ0) is 22.2. The summed E-state index contributed by atoms with van der Waals surface area (Å²) in [4.78, 5) is 36.2. The van der Waals surface area contributed by atoms with Crippen molar-refractivity contribution in [3.63, 3.8) is 0 Å². The van der Waals surface area contributed by atoms with Crippen LogP contribution in [-0.2, 0) is 9.59 Å². The molecule has 0 spiro atoms. The van der Waals surface area contributed by atoms with E-state index in [1.807, 2.05) is 0 Å². The standard InChI is InChI=1S/C20H34N8O2/c1-5-12-22-18-26-19(23-13-8-10-16(29)21-4)28-20(27-18)24-14-9-11-17(30)25-15(6-2)7-3/h1,15H,6-14H2,2-4H3,(H,21,29)(H,25,30)(H3,22,23,24,26,27,28). The van der Waals surface area contributed by atoms with Crippen LogP contribution in [0.1, 0.15) is 52.4 Å². The molecule has 2 amide bonds. The Labute approximate surface area is 178 Å². The molecule has 10 nitrogen and oxygen atoms in total. The molecular formula is C20H34N8O2. The van der Waals surface area contributed by atoms with Gasteiger partial charge in [-0.15, -0.1) is 6.42 Å². The molecule has 0 aromatic carbocycles. The fraction of sp³-hybridized carbons (Fsp3) is 0.650. The van der Waals surface area contributed by atoms with Crippen LogP contribution in [-0.4, -0.2) is 59.5 Å². The summed E-state index contributed by atoms with van der Waals surface area (Å²) < 4.78 is 0. The maximum absolute atomic E-state index is 12.0. The first-order valence-corrected chi connectivity index (χ1v) is 10.4. The number of terminal acetylenes is 1. The molecule has 0 aliphatic heterocycles. The van der Waals surface area contributed by atoms with Crippen LogP contribution >= 0.6 is 0 Å². The molecule has 0 bridgehead atoms. The van der Waals surface area contributed by atoms with Crippen LogP contribution in [0, 0.1) is 12.3 Å². The first-order chi connectivity index (χ1) is 14.5. The van der Waals surface area contributed by atoms with E-state index in [0.717, 1.165) is 12.8 Å². The molecule has 0 saturated carbocycles. The zero-order valence-electron chi connectivity index (χ0n) is 18.2. The van der Waals surface area contributed by atoms with Crippen molar-refractivity contribution in [1.82, 2.24) is 25.6 Å². The minimum absolute atomic E-state index is 0.0144. The Kier molecular flexibility index (Phi) is 12.3. The number of aromatic nitrogens is 3. The molecule has 1 aromatic heterocycles. The van der Waals surface area contributed by atoms with Crippen molar-refractivity contribution in [2.75, 3.05) is 42.6 Å². The molecular weight excluding hydrogens is 384 g/mol. The van der Waals surface area contributed by atoms with Crippen molar-refractivity contribution in [1.29, 1.82) is 0 Å². The Morgan fingerprint density at radius 1 is 0.900 bits per heavy atom. The van der Waals surface area contributed by atoms with Crippen molar-refractivity contribution in [2.24, 2.45) is 0 Å². The fourth-order valence-corrected chi connectivity index (χ4v) is 2.56. The first-order valence-electron chi connectivity index (χ1n) is 10.4. The van der Waals surface area contributed by atoms with Crippen LogP contribution in [0.15, 0.2) is 0 Å². The highest BCUT2D eigenvalue weighted by atomic mass is 16.2. The fourth-order valence-electron chi connectivity index (χ4n) is 2.56. The van der Waals surface area contributed by atoms with Crippen LogP contribution in [0.2, 0.25) is 0 Å². The Morgan fingerprint density at radius 3 is 1.87 bits per heavy atom. The van der Waals surface area contributed by atoms with Gasteiger partial charge in [0.1, 0.15) is 0 Å². The summed E-state index contributed by atoms with van der Waals surface area (Å²) in [6.45, 7) is 5.50. The van der Waals surface area contributed by atoms with E-state index in [-0.39, 0.29) is 24.4 Å². The van der Waals surface area contributed by atoms with Crippen molar-refractivity contribution in [3.05, 3.63) is 0 Å². The van der Waals surface area contributed by atoms with Gasteiger partial charge in [0.25, 0.3) is 0 Å². The second kappa shape index (κ2) is 14.8. The molecule has 0 aliphatic carbocycles. The molecule has 1 aromatic rings. The van der Waals surface area contributed by atoms with Gasteiger partial charge in [-0.2, -0.15) is 15.0 Å². The lowest BCUT2D eigenvalue weighted by Crippen LogP contribution is -2.33. The number of carbonyl (C=O) groups is 2. The summed E-state index contributed by atoms with van der Waals surface area (Å²) >= 11 is 0. The third-order valence-corrected chi connectivity index (χ3v) is 4.34. The number of nitrogens with zero attached hydrogens (tertiary/aromatic N) is 3. The normalized spacial score (nSPS) is 10.2. The van der Waals surface area contributed by atoms with Gasteiger partial charge in [-0.25, -0.2) is 0 Å². The topological polar surface area (TPSA) is 133 Å². The van der Waals surface area contributed by atoms with Gasteiger partial charge in [0.2, 0.25) is 29.7 Å². The minimum Gasteiger partial charge on any atom is -0.359 e. The Bertz CT molecular complexity index is 701. The molecule has 0 fully saturated rings. The lowest BCUT2D eigenvalue weighted by Gasteiger charge is -2.14. The molecule has 0 radical (unpaired) electrons. The van der Waals surface area contributed by atoms with Crippen LogP contribution < -0.4 is 26.6 Å². The van der Waals surface area contributed by atoms with Gasteiger partial charge in [-0.3, -0.25) is 9.59 Å². The largest absolute Gasteiger partial charge is 0.359 e. The van der Waals surface area contributed by atoms with Gasteiger partial charge in [0.05, 0.1) is 6.54 Å². The monoisotopic (exact) mass is 418 g/mol. The zero-order valence-corrected chi connectivity index (χ0v) is 18.2. The smallest absolute Gasteiger partial charge is 0.230 e. The van der Waals surface area contributed by atoms with Gasteiger partial charge in [-0.05, 0) is 25.7 Å².